The largest absolute Gasteiger partial charge is 0.392 e. The van der Waals surface area contributed by atoms with Crippen LogP contribution in [0.2, 0.25) is 0 Å². The van der Waals surface area contributed by atoms with E-state index in [1.165, 1.54) is 0 Å². The van der Waals surface area contributed by atoms with Crippen molar-refractivity contribution in [3.8, 4) is 0 Å². The van der Waals surface area contributed by atoms with Gasteiger partial charge in [-0.2, -0.15) is 0 Å². The summed E-state index contributed by atoms with van der Waals surface area (Å²) in [6, 6.07) is 0. The Kier molecular flexibility index (Phi) is 3.91. The van der Waals surface area contributed by atoms with Crippen LogP contribution in [0.4, 0.5) is 0 Å². The first-order valence-corrected chi connectivity index (χ1v) is 3.89. The normalized spacial score (nSPS) is 15.3. The summed E-state index contributed by atoms with van der Waals surface area (Å²) in [6.07, 6.45) is 0.627. The second-order valence-corrected chi connectivity index (χ2v) is 3.69. The van der Waals surface area contributed by atoms with Gasteiger partial charge in [0.25, 0.3) is 0 Å². The van der Waals surface area contributed by atoms with Crippen LogP contribution in [0.3, 0.4) is 0 Å². The SMILES string of the molecule is CC[C@H](O)CNC(C)(C)C. The van der Waals surface area contributed by atoms with E-state index in [1.54, 1.807) is 0 Å². The van der Waals surface area contributed by atoms with E-state index in [0.717, 1.165) is 6.42 Å². The van der Waals surface area contributed by atoms with Crippen molar-refractivity contribution < 1.29 is 5.11 Å². The maximum atomic E-state index is 9.16. The fourth-order valence-electron chi connectivity index (χ4n) is 0.568. The van der Waals surface area contributed by atoms with Gasteiger partial charge in [0.05, 0.1) is 6.10 Å². The minimum atomic E-state index is -0.195. The van der Waals surface area contributed by atoms with Gasteiger partial charge in [0.2, 0.25) is 0 Å². The van der Waals surface area contributed by atoms with Crippen molar-refractivity contribution in [3.05, 3.63) is 0 Å². The lowest BCUT2D eigenvalue weighted by Crippen LogP contribution is -2.40. The summed E-state index contributed by atoms with van der Waals surface area (Å²) in [5.74, 6) is 0. The second-order valence-electron chi connectivity index (χ2n) is 3.69. The highest BCUT2D eigenvalue weighted by Gasteiger charge is 2.10. The van der Waals surface area contributed by atoms with Gasteiger partial charge >= 0.3 is 0 Å². The molecule has 0 aliphatic heterocycles. The Morgan fingerprint density at radius 1 is 1.40 bits per heavy atom. The van der Waals surface area contributed by atoms with E-state index >= 15 is 0 Å². The van der Waals surface area contributed by atoms with E-state index in [4.69, 9.17) is 5.11 Å². The van der Waals surface area contributed by atoms with Gasteiger partial charge in [-0.25, -0.2) is 0 Å². The Balaban J connectivity index is 3.36. The topological polar surface area (TPSA) is 32.3 Å². The van der Waals surface area contributed by atoms with Crippen molar-refractivity contribution in [3.63, 3.8) is 0 Å². The van der Waals surface area contributed by atoms with Crippen molar-refractivity contribution >= 4 is 0 Å². The fraction of sp³-hybridized carbons (Fsp3) is 1.00. The molecule has 2 nitrogen and oxygen atoms in total. The van der Waals surface area contributed by atoms with Crippen LogP contribution in [-0.4, -0.2) is 23.3 Å². The standard InChI is InChI=1S/C8H19NO/c1-5-7(10)6-9-8(2,3)4/h7,9-10H,5-6H2,1-4H3/t7-/m0/s1. The zero-order valence-corrected chi connectivity index (χ0v) is 7.44. The van der Waals surface area contributed by atoms with Crippen LogP contribution in [0.5, 0.6) is 0 Å². The zero-order valence-electron chi connectivity index (χ0n) is 7.44. The first-order chi connectivity index (χ1) is 4.45. The molecular weight excluding hydrogens is 126 g/mol. The van der Waals surface area contributed by atoms with Crippen LogP contribution in [0.15, 0.2) is 0 Å². The highest BCUT2D eigenvalue weighted by atomic mass is 16.3. The number of β-amino-alcohol motifs (C(OH)–C–C–N with tert-alkyl or cyclic N) is 1. The van der Waals surface area contributed by atoms with Crippen LogP contribution >= 0.6 is 0 Å². The summed E-state index contributed by atoms with van der Waals surface area (Å²) in [4.78, 5) is 0. The first kappa shape index (κ1) is 9.92. The third-order valence-corrected chi connectivity index (χ3v) is 1.34. The molecule has 0 aliphatic carbocycles. The molecule has 0 spiro atoms. The molecule has 0 saturated carbocycles. The lowest BCUT2D eigenvalue weighted by molar-refractivity contribution is 0.157. The number of aliphatic hydroxyl groups is 1. The van der Waals surface area contributed by atoms with Crippen molar-refractivity contribution in [2.24, 2.45) is 0 Å². The van der Waals surface area contributed by atoms with Crippen molar-refractivity contribution in [2.45, 2.75) is 45.8 Å². The molecule has 0 radical (unpaired) electrons. The van der Waals surface area contributed by atoms with Crippen LogP contribution in [0.1, 0.15) is 34.1 Å². The van der Waals surface area contributed by atoms with Gasteiger partial charge in [-0.1, -0.05) is 6.92 Å². The average molecular weight is 145 g/mol. The molecule has 0 aromatic heterocycles. The van der Waals surface area contributed by atoms with Crippen LogP contribution in [-0.2, 0) is 0 Å². The lowest BCUT2D eigenvalue weighted by atomic mass is 10.1. The molecule has 0 aromatic carbocycles. The third-order valence-electron chi connectivity index (χ3n) is 1.34. The molecule has 0 aromatic rings. The second kappa shape index (κ2) is 3.94. The fourth-order valence-corrected chi connectivity index (χ4v) is 0.568. The van der Waals surface area contributed by atoms with Gasteiger partial charge in [-0.15, -0.1) is 0 Å². The molecule has 0 bridgehead atoms. The number of nitrogens with one attached hydrogen (secondary N) is 1. The van der Waals surface area contributed by atoms with Gasteiger partial charge in [0, 0.05) is 12.1 Å². The Hall–Kier alpha value is -0.0800. The zero-order chi connectivity index (χ0) is 8.20. The molecule has 0 saturated heterocycles. The summed E-state index contributed by atoms with van der Waals surface area (Å²) in [7, 11) is 0. The summed E-state index contributed by atoms with van der Waals surface area (Å²) in [6.45, 7) is 8.95. The van der Waals surface area contributed by atoms with Gasteiger partial charge in [-0.05, 0) is 27.2 Å². The number of aliphatic hydroxyl groups excluding tert-OH is 1. The molecule has 10 heavy (non-hydrogen) atoms. The van der Waals surface area contributed by atoms with Crippen LogP contribution in [0.25, 0.3) is 0 Å². The molecule has 0 heterocycles. The summed E-state index contributed by atoms with van der Waals surface area (Å²) >= 11 is 0. The van der Waals surface area contributed by atoms with Gasteiger partial charge in [0.15, 0.2) is 0 Å². The van der Waals surface area contributed by atoms with Gasteiger partial charge < -0.3 is 10.4 Å². The minimum absolute atomic E-state index is 0.121. The van der Waals surface area contributed by atoms with E-state index in [0.29, 0.717) is 6.54 Å². The Morgan fingerprint density at radius 3 is 2.20 bits per heavy atom. The van der Waals surface area contributed by atoms with Gasteiger partial charge in [-0.3, -0.25) is 0 Å². The quantitative estimate of drug-likeness (QED) is 0.624. The molecule has 1 atom stereocenters. The molecule has 0 fully saturated rings. The molecular formula is C8H19NO. The van der Waals surface area contributed by atoms with Crippen molar-refractivity contribution in [1.29, 1.82) is 0 Å². The summed E-state index contributed by atoms with van der Waals surface area (Å²) in [5.41, 5.74) is 0.121. The van der Waals surface area contributed by atoms with E-state index < -0.39 is 0 Å². The van der Waals surface area contributed by atoms with E-state index in [1.807, 2.05) is 6.92 Å². The molecule has 62 valence electrons. The van der Waals surface area contributed by atoms with E-state index in [9.17, 15) is 0 Å². The molecule has 0 amide bonds. The minimum Gasteiger partial charge on any atom is -0.392 e. The molecule has 2 N–H and O–H groups in total. The average Bonchev–Trinajstić information content (AvgIpc) is 1.81. The molecule has 0 rings (SSSR count). The molecule has 2 heteroatoms. The molecule has 0 unspecified atom stereocenters. The lowest BCUT2D eigenvalue weighted by Gasteiger charge is -2.22. The van der Waals surface area contributed by atoms with Crippen molar-refractivity contribution in [1.82, 2.24) is 5.32 Å². The third kappa shape index (κ3) is 6.05. The maximum Gasteiger partial charge on any atom is 0.0662 e. The van der Waals surface area contributed by atoms with Gasteiger partial charge in [0.1, 0.15) is 0 Å². The predicted molar refractivity (Wildman–Crippen MR) is 44.1 cm³/mol. The Morgan fingerprint density at radius 2 is 1.90 bits per heavy atom. The number of hydrogen-bond acceptors (Lipinski definition) is 2. The monoisotopic (exact) mass is 145 g/mol. The smallest absolute Gasteiger partial charge is 0.0662 e. The maximum absolute atomic E-state index is 9.16. The van der Waals surface area contributed by atoms with E-state index in [-0.39, 0.29) is 11.6 Å². The van der Waals surface area contributed by atoms with Crippen LogP contribution < -0.4 is 5.32 Å². The summed E-state index contributed by atoms with van der Waals surface area (Å²) in [5, 5.41) is 12.4. The van der Waals surface area contributed by atoms with Crippen molar-refractivity contribution in [2.75, 3.05) is 6.54 Å². The number of hydrogen-bond donors (Lipinski definition) is 2. The first-order valence-electron chi connectivity index (χ1n) is 3.89. The molecule has 0 aliphatic rings. The predicted octanol–water partition coefficient (Wildman–Crippen LogP) is 1.15. The number of rotatable bonds is 3. The van der Waals surface area contributed by atoms with Crippen LogP contribution in [0, 0.1) is 0 Å². The van der Waals surface area contributed by atoms with E-state index in [2.05, 4.69) is 26.1 Å². The summed E-state index contributed by atoms with van der Waals surface area (Å²) < 4.78 is 0. The highest BCUT2D eigenvalue weighted by Crippen LogP contribution is 1.98. The highest BCUT2D eigenvalue weighted by molar-refractivity contribution is 4.71. The Bertz CT molecular complexity index is 85.7. The Labute approximate surface area is 63.6 Å².